The van der Waals surface area contributed by atoms with Gasteiger partial charge in [0.15, 0.2) is 0 Å². The summed E-state index contributed by atoms with van der Waals surface area (Å²) in [6.07, 6.45) is 7.55. The van der Waals surface area contributed by atoms with Crippen molar-refractivity contribution in [1.82, 2.24) is 20.3 Å². The van der Waals surface area contributed by atoms with Gasteiger partial charge in [0, 0.05) is 26.0 Å². The summed E-state index contributed by atoms with van der Waals surface area (Å²) < 4.78 is 38.1. The summed E-state index contributed by atoms with van der Waals surface area (Å²) in [6.45, 7) is 5.33. The number of nitrogens with one attached hydrogen (secondary N) is 3. The fourth-order valence-electron chi connectivity index (χ4n) is 5.38. The Kier molecular flexibility index (Phi) is 8.84. The van der Waals surface area contributed by atoms with E-state index in [1.807, 2.05) is 12.2 Å². The van der Waals surface area contributed by atoms with Crippen LogP contribution in [0.4, 0.5) is 4.79 Å². The molecule has 2 heterocycles. The van der Waals surface area contributed by atoms with Crippen LogP contribution in [0.25, 0.3) is 0 Å². The SMILES string of the molecule is CO[C@@H]1C[C@H]2C(=O)N[C@]3(C(=O)NS(=O)(=O)C4CC4)C[C@H]3C=CCCCCC[C@@H](NC(=O)OC(C)(C)C)C(=O)N2C1. The van der Waals surface area contributed by atoms with Crippen LogP contribution in [-0.4, -0.2) is 85.4 Å². The maximum Gasteiger partial charge on any atom is 0.408 e. The molecule has 5 atom stereocenters. The Morgan fingerprint density at radius 3 is 2.50 bits per heavy atom. The highest BCUT2D eigenvalue weighted by Gasteiger charge is 2.62. The van der Waals surface area contributed by atoms with E-state index in [4.69, 9.17) is 9.47 Å². The van der Waals surface area contributed by atoms with Crippen LogP contribution in [0.3, 0.4) is 0 Å². The highest BCUT2D eigenvalue weighted by molar-refractivity contribution is 7.91. The summed E-state index contributed by atoms with van der Waals surface area (Å²) in [7, 11) is -2.32. The van der Waals surface area contributed by atoms with Gasteiger partial charge in [0.2, 0.25) is 21.8 Å². The first-order valence-corrected chi connectivity index (χ1v) is 15.7. The number of carbonyl (C=O) groups is 4. The molecule has 224 valence electrons. The zero-order valence-corrected chi connectivity index (χ0v) is 24.6. The number of alkyl carbamates (subject to hydrolysis) is 1. The molecule has 0 bridgehead atoms. The van der Waals surface area contributed by atoms with Crippen LogP contribution in [0.5, 0.6) is 0 Å². The predicted octanol–water partition coefficient (Wildman–Crippen LogP) is 1.50. The lowest BCUT2D eigenvalue weighted by Gasteiger charge is -2.30. The minimum Gasteiger partial charge on any atom is -0.444 e. The molecule has 2 aliphatic carbocycles. The fraction of sp³-hybridized carbons (Fsp3) is 0.778. The number of fused-ring (bicyclic) bond motifs is 2. The van der Waals surface area contributed by atoms with E-state index in [1.165, 1.54) is 12.0 Å². The Bertz CT molecular complexity index is 1150. The summed E-state index contributed by atoms with van der Waals surface area (Å²) in [5.41, 5.74) is -2.16. The van der Waals surface area contributed by atoms with E-state index in [-0.39, 0.29) is 25.3 Å². The molecular weight excluding hydrogens is 540 g/mol. The number of allylic oxidation sites excluding steroid dienone is 1. The molecule has 4 aliphatic rings. The van der Waals surface area contributed by atoms with Crippen LogP contribution in [0.1, 0.15) is 78.6 Å². The van der Waals surface area contributed by atoms with Crippen molar-refractivity contribution in [2.75, 3.05) is 13.7 Å². The minimum atomic E-state index is -3.81. The number of ether oxygens (including phenoxy) is 2. The Morgan fingerprint density at radius 2 is 1.85 bits per heavy atom. The number of amides is 4. The van der Waals surface area contributed by atoms with Gasteiger partial charge in [-0.2, -0.15) is 0 Å². The van der Waals surface area contributed by atoms with E-state index in [0.29, 0.717) is 25.7 Å². The first-order valence-electron chi connectivity index (χ1n) is 14.1. The summed E-state index contributed by atoms with van der Waals surface area (Å²) in [4.78, 5) is 54.8. The molecule has 2 saturated carbocycles. The molecule has 3 N–H and O–H groups in total. The average Bonchev–Trinajstić information content (AvgIpc) is 3.77. The molecular formula is C27H42N4O8S. The molecule has 0 aromatic heterocycles. The maximum absolute atomic E-state index is 13.8. The number of carbonyl (C=O) groups excluding carboxylic acids is 4. The van der Waals surface area contributed by atoms with Crippen molar-refractivity contribution in [2.45, 2.75) is 113 Å². The van der Waals surface area contributed by atoms with Gasteiger partial charge in [0.25, 0.3) is 5.91 Å². The lowest BCUT2D eigenvalue weighted by Crippen LogP contribution is -2.58. The van der Waals surface area contributed by atoms with Crippen molar-refractivity contribution in [1.29, 1.82) is 0 Å². The molecule has 13 heteroatoms. The van der Waals surface area contributed by atoms with E-state index < -0.39 is 68.4 Å². The lowest BCUT2D eigenvalue weighted by molar-refractivity contribution is -0.141. The molecule has 12 nitrogen and oxygen atoms in total. The Balaban J connectivity index is 1.58. The smallest absolute Gasteiger partial charge is 0.408 e. The zero-order valence-electron chi connectivity index (χ0n) is 23.7. The average molecular weight is 583 g/mol. The second-order valence-corrected chi connectivity index (χ2v) is 14.3. The van der Waals surface area contributed by atoms with Crippen molar-refractivity contribution in [3.05, 3.63) is 12.2 Å². The van der Waals surface area contributed by atoms with Gasteiger partial charge in [0.1, 0.15) is 23.2 Å². The van der Waals surface area contributed by atoms with Gasteiger partial charge in [-0.15, -0.1) is 0 Å². The third kappa shape index (κ3) is 7.15. The zero-order chi connectivity index (χ0) is 29.3. The van der Waals surface area contributed by atoms with Gasteiger partial charge in [-0.3, -0.25) is 19.1 Å². The van der Waals surface area contributed by atoms with Crippen molar-refractivity contribution in [3.8, 4) is 0 Å². The molecule has 0 spiro atoms. The van der Waals surface area contributed by atoms with E-state index >= 15 is 0 Å². The van der Waals surface area contributed by atoms with Crippen LogP contribution in [0.15, 0.2) is 12.2 Å². The van der Waals surface area contributed by atoms with Crippen molar-refractivity contribution >= 4 is 33.8 Å². The molecule has 0 aromatic rings. The standard InChI is InChI=1S/C27H42N4O8S/c1-26(2,3)39-25(35)28-20-11-9-7-5-6-8-10-17-15-27(17,24(34)30-40(36,37)19-12-13-19)29-22(32)21-14-18(38-4)16-31(21)23(20)33/h8,10,17-21H,5-7,9,11-16H2,1-4H3,(H,28,35)(H,29,32)(H,30,34)/t17-,18-,20-,21+,27-/m1/s1. The van der Waals surface area contributed by atoms with E-state index in [0.717, 1.165) is 19.3 Å². The van der Waals surface area contributed by atoms with E-state index in [9.17, 15) is 27.6 Å². The normalized spacial score (nSPS) is 31.6. The van der Waals surface area contributed by atoms with Crippen molar-refractivity contribution in [3.63, 3.8) is 0 Å². The molecule has 4 amide bonds. The number of nitrogens with zero attached hydrogens (tertiary/aromatic N) is 1. The minimum absolute atomic E-state index is 0.137. The van der Waals surface area contributed by atoms with E-state index in [2.05, 4.69) is 15.4 Å². The second kappa shape index (κ2) is 11.7. The molecule has 0 radical (unpaired) electrons. The Labute approximate surface area is 236 Å². The predicted molar refractivity (Wildman–Crippen MR) is 145 cm³/mol. The Morgan fingerprint density at radius 1 is 1.12 bits per heavy atom. The molecule has 1 saturated heterocycles. The molecule has 0 aromatic carbocycles. The molecule has 2 aliphatic heterocycles. The number of methoxy groups -OCH3 is 1. The molecule has 3 fully saturated rings. The number of sulfonamides is 1. The van der Waals surface area contributed by atoms with Gasteiger partial charge in [-0.05, 0) is 59.3 Å². The first kappa shape index (κ1) is 30.3. The van der Waals surface area contributed by atoms with Crippen LogP contribution in [0.2, 0.25) is 0 Å². The third-order valence-electron chi connectivity index (χ3n) is 7.87. The summed E-state index contributed by atoms with van der Waals surface area (Å²) in [6, 6.07) is -1.86. The third-order valence-corrected chi connectivity index (χ3v) is 9.69. The number of hydrogen-bond donors (Lipinski definition) is 3. The van der Waals surface area contributed by atoms with Gasteiger partial charge in [-0.1, -0.05) is 25.0 Å². The van der Waals surface area contributed by atoms with Crippen molar-refractivity contribution in [2.24, 2.45) is 5.92 Å². The van der Waals surface area contributed by atoms with Gasteiger partial charge < -0.3 is 25.0 Å². The summed E-state index contributed by atoms with van der Waals surface area (Å²) in [5.74, 6) is -2.11. The van der Waals surface area contributed by atoms with Gasteiger partial charge in [-0.25, -0.2) is 13.2 Å². The second-order valence-electron chi connectivity index (χ2n) is 12.3. The first-order chi connectivity index (χ1) is 18.8. The number of rotatable bonds is 5. The summed E-state index contributed by atoms with van der Waals surface area (Å²) in [5, 5.41) is 4.92. The maximum atomic E-state index is 13.8. The molecule has 40 heavy (non-hydrogen) atoms. The summed E-state index contributed by atoms with van der Waals surface area (Å²) >= 11 is 0. The topological polar surface area (TPSA) is 160 Å². The van der Waals surface area contributed by atoms with Crippen LogP contribution in [-0.2, 0) is 33.9 Å². The van der Waals surface area contributed by atoms with Gasteiger partial charge >= 0.3 is 6.09 Å². The number of hydrogen-bond acceptors (Lipinski definition) is 8. The van der Waals surface area contributed by atoms with Crippen LogP contribution in [0, 0.1) is 5.92 Å². The fourth-order valence-corrected chi connectivity index (χ4v) is 6.75. The van der Waals surface area contributed by atoms with Crippen molar-refractivity contribution < 1.29 is 37.1 Å². The molecule has 4 rings (SSSR count). The lowest BCUT2D eigenvalue weighted by atomic mass is 10.0. The Hall–Kier alpha value is -2.67. The largest absolute Gasteiger partial charge is 0.444 e. The van der Waals surface area contributed by atoms with E-state index in [1.54, 1.807) is 20.8 Å². The van der Waals surface area contributed by atoms with Crippen LogP contribution < -0.4 is 15.4 Å². The highest BCUT2D eigenvalue weighted by Crippen LogP contribution is 2.46. The highest BCUT2D eigenvalue weighted by atomic mass is 32.2. The monoisotopic (exact) mass is 582 g/mol. The van der Waals surface area contributed by atoms with Crippen LogP contribution >= 0.6 is 0 Å². The van der Waals surface area contributed by atoms with Gasteiger partial charge in [0.05, 0.1) is 11.4 Å². The molecule has 0 unspecified atom stereocenters. The quantitative estimate of drug-likeness (QED) is 0.411.